The van der Waals surface area contributed by atoms with Gasteiger partial charge in [0.25, 0.3) is 0 Å². The third-order valence-corrected chi connectivity index (χ3v) is 7.24. The number of nitrogen functional groups attached to an aromatic ring is 1. The summed E-state index contributed by atoms with van der Waals surface area (Å²) in [5, 5.41) is 5.77. The van der Waals surface area contributed by atoms with Crippen molar-refractivity contribution in [2.24, 2.45) is 0 Å². The minimum absolute atomic E-state index is 0.184. The van der Waals surface area contributed by atoms with E-state index in [0.717, 1.165) is 51.9 Å². The minimum atomic E-state index is -0.234. The van der Waals surface area contributed by atoms with E-state index in [4.69, 9.17) is 11.1 Å². The van der Waals surface area contributed by atoms with Gasteiger partial charge in [0, 0.05) is 24.5 Å². The molecule has 0 saturated carbocycles. The van der Waals surface area contributed by atoms with E-state index in [0.29, 0.717) is 12.6 Å². The molecular formula is C28H27FN5. The van der Waals surface area contributed by atoms with Gasteiger partial charge in [-0.25, -0.2) is 19.7 Å². The Morgan fingerprint density at radius 3 is 2.79 bits per heavy atom. The Labute approximate surface area is 198 Å². The number of hydrogen-bond donors (Lipinski definition) is 1. The van der Waals surface area contributed by atoms with Gasteiger partial charge in [-0.1, -0.05) is 36.4 Å². The van der Waals surface area contributed by atoms with Crippen molar-refractivity contribution in [1.29, 1.82) is 0 Å². The van der Waals surface area contributed by atoms with Crippen LogP contribution < -0.4 is 11.1 Å². The van der Waals surface area contributed by atoms with Crippen LogP contribution in [0.2, 0.25) is 0 Å². The number of halogens is 1. The Balaban J connectivity index is 1.47. The third kappa shape index (κ3) is 3.73. The topological polar surface area (TPSA) is 69.1 Å². The first-order chi connectivity index (χ1) is 16.6. The number of aromatic nitrogens is 2. The summed E-state index contributed by atoms with van der Waals surface area (Å²) in [6.45, 7) is 4.82. The molecule has 5 nitrogen and oxygen atoms in total. The zero-order valence-corrected chi connectivity index (χ0v) is 19.2. The highest BCUT2D eigenvalue weighted by molar-refractivity contribution is 5.88. The van der Waals surface area contributed by atoms with Gasteiger partial charge in [0.1, 0.15) is 5.82 Å². The van der Waals surface area contributed by atoms with Gasteiger partial charge in [-0.05, 0) is 78.4 Å². The molecule has 1 aromatic heterocycles. The molecule has 2 N–H and O–H groups in total. The van der Waals surface area contributed by atoms with Crippen LogP contribution in [-0.2, 0) is 13.1 Å². The molecule has 6 rings (SSSR count). The van der Waals surface area contributed by atoms with Crippen LogP contribution >= 0.6 is 0 Å². The molecule has 1 radical (unpaired) electrons. The molecule has 34 heavy (non-hydrogen) atoms. The van der Waals surface area contributed by atoms with Gasteiger partial charge in [0.2, 0.25) is 5.95 Å². The van der Waals surface area contributed by atoms with Crippen molar-refractivity contribution in [3.63, 3.8) is 0 Å². The number of nitrogens with two attached hydrogens (primary N) is 1. The molecule has 6 heteroatoms. The van der Waals surface area contributed by atoms with Crippen molar-refractivity contribution < 1.29 is 4.39 Å². The molecule has 0 spiro atoms. The maximum atomic E-state index is 14.4. The van der Waals surface area contributed by atoms with Crippen molar-refractivity contribution in [2.75, 3.05) is 12.3 Å². The minimum Gasteiger partial charge on any atom is -0.368 e. The molecule has 0 bridgehead atoms. The van der Waals surface area contributed by atoms with Gasteiger partial charge in [0.05, 0.1) is 17.3 Å². The maximum absolute atomic E-state index is 14.4. The number of benzene rings is 3. The summed E-state index contributed by atoms with van der Waals surface area (Å²) in [6, 6.07) is 19.8. The van der Waals surface area contributed by atoms with Gasteiger partial charge < -0.3 is 5.73 Å². The second-order valence-electron chi connectivity index (χ2n) is 9.40. The Hall–Kier alpha value is -3.35. The smallest absolute Gasteiger partial charge is 0.220 e. The van der Waals surface area contributed by atoms with Gasteiger partial charge in [-0.2, -0.15) is 0 Å². The van der Waals surface area contributed by atoms with Crippen LogP contribution in [0.25, 0.3) is 22.0 Å². The van der Waals surface area contributed by atoms with E-state index in [2.05, 4.69) is 40.0 Å². The highest BCUT2D eigenvalue weighted by Gasteiger charge is 2.28. The Kier molecular flexibility index (Phi) is 5.27. The largest absolute Gasteiger partial charge is 0.368 e. The fraction of sp³-hybridized carbons (Fsp3) is 0.286. The number of nitrogens with zero attached hydrogens (tertiary/aromatic N) is 4. The first-order valence-corrected chi connectivity index (χ1v) is 11.9. The Morgan fingerprint density at radius 2 is 1.94 bits per heavy atom. The van der Waals surface area contributed by atoms with Crippen molar-refractivity contribution in [3.05, 3.63) is 88.9 Å². The number of hydrogen-bond acceptors (Lipinski definition) is 4. The van der Waals surface area contributed by atoms with Crippen molar-refractivity contribution >= 4 is 16.9 Å². The number of anilines is 1. The first-order valence-electron chi connectivity index (χ1n) is 11.9. The standard InChI is InChI=1S/C28H27FN5/c1-17-5-4-12-34(17)16-20-8-10-21(29)14-23(20)18-9-11-25-24(13-18)27(33-28(30)32-25)26-22-7-3-2-6-19(22)15-31-26/h2-3,6-11,13-14,17,26H,4-5,12,15-16H2,1H3,(H2,30,32,33). The quantitative estimate of drug-likeness (QED) is 0.462. The number of likely N-dealkylation sites (tertiary alicyclic amines) is 1. The summed E-state index contributed by atoms with van der Waals surface area (Å²) < 4.78 is 14.4. The van der Waals surface area contributed by atoms with E-state index in [1.165, 1.54) is 18.4 Å². The van der Waals surface area contributed by atoms with Crippen LogP contribution in [0.3, 0.4) is 0 Å². The van der Waals surface area contributed by atoms with E-state index >= 15 is 0 Å². The van der Waals surface area contributed by atoms with Crippen molar-refractivity contribution in [1.82, 2.24) is 20.2 Å². The highest BCUT2D eigenvalue weighted by atomic mass is 19.1. The van der Waals surface area contributed by atoms with E-state index in [-0.39, 0.29) is 17.8 Å². The fourth-order valence-electron chi connectivity index (χ4n) is 5.42. The SMILES string of the molecule is CC1CCCN1Cc1ccc(F)cc1-c1ccc2nc(N)nc(C3[N]Cc4ccccc43)c2c1. The van der Waals surface area contributed by atoms with E-state index < -0.39 is 0 Å². The molecule has 171 valence electrons. The van der Waals surface area contributed by atoms with E-state index in [1.54, 1.807) is 12.1 Å². The predicted molar refractivity (Wildman–Crippen MR) is 133 cm³/mol. The molecule has 3 heterocycles. The molecule has 2 unspecified atom stereocenters. The van der Waals surface area contributed by atoms with E-state index in [9.17, 15) is 4.39 Å². The van der Waals surface area contributed by atoms with Crippen molar-refractivity contribution in [2.45, 2.75) is 44.9 Å². The van der Waals surface area contributed by atoms with Crippen molar-refractivity contribution in [3.8, 4) is 11.1 Å². The average molecular weight is 453 g/mol. The lowest BCUT2D eigenvalue weighted by Gasteiger charge is -2.23. The van der Waals surface area contributed by atoms with Gasteiger partial charge >= 0.3 is 0 Å². The molecule has 3 aromatic carbocycles. The average Bonchev–Trinajstić information content (AvgIpc) is 3.45. The van der Waals surface area contributed by atoms with Crippen LogP contribution in [-0.4, -0.2) is 27.5 Å². The lowest BCUT2D eigenvalue weighted by Crippen LogP contribution is -2.26. The molecule has 0 aliphatic carbocycles. The summed E-state index contributed by atoms with van der Waals surface area (Å²) in [4.78, 5) is 11.6. The summed E-state index contributed by atoms with van der Waals surface area (Å²) in [6.07, 6.45) is 2.42. The first kappa shape index (κ1) is 21.2. The zero-order chi connectivity index (χ0) is 23.2. The molecule has 0 amide bonds. The second-order valence-corrected chi connectivity index (χ2v) is 9.40. The molecule has 2 aliphatic heterocycles. The van der Waals surface area contributed by atoms with Gasteiger partial charge in [-0.3, -0.25) is 4.90 Å². The Morgan fingerprint density at radius 1 is 1.06 bits per heavy atom. The molecule has 1 saturated heterocycles. The van der Waals surface area contributed by atoms with Gasteiger partial charge in [0.15, 0.2) is 0 Å². The maximum Gasteiger partial charge on any atom is 0.220 e. The van der Waals surface area contributed by atoms with Crippen LogP contribution in [0, 0.1) is 5.82 Å². The third-order valence-electron chi connectivity index (χ3n) is 7.24. The van der Waals surface area contributed by atoms with Gasteiger partial charge in [-0.15, -0.1) is 0 Å². The Bertz CT molecular complexity index is 1380. The van der Waals surface area contributed by atoms with Crippen LogP contribution in [0.4, 0.5) is 10.3 Å². The zero-order valence-electron chi connectivity index (χ0n) is 19.2. The summed E-state index contributed by atoms with van der Waals surface area (Å²) in [5.41, 5.74) is 13.0. The monoisotopic (exact) mass is 452 g/mol. The molecule has 1 fully saturated rings. The second kappa shape index (κ2) is 8.46. The fourth-order valence-corrected chi connectivity index (χ4v) is 5.42. The highest BCUT2D eigenvalue weighted by Crippen LogP contribution is 2.37. The lowest BCUT2D eigenvalue weighted by molar-refractivity contribution is 0.260. The summed E-state index contributed by atoms with van der Waals surface area (Å²) in [5.74, 6) is 0.00566. The van der Waals surface area contributed by atoms with Crippen LogP contribution in [0.15, 0.2) is 60.7 Å². The molecular weight excluding hydrogens is 425 g/mol. The molecule has 4 aromatic rings. The van der Waals surface area contributed by atoms with Crippen LogP contribution in [0.1, 0.15) is 48.2 Å². The summed E-state index contributed by atoms with van der Waals surface area (Å²) >= 11 is 0. The number of fused-ring (bicyclic) bond motifs is 2. The predicted octanol–water partition coefficient (Wildman–Crippen LogP) is 5.21. The normalized spacial score (nSPS) is 20.2. The van der Waals surface area contributed by atoms with Crippen LogP contribution in [0.5, 0.6) is 0 Å². The molecule has 2 atom stereocenters. The number of rotatable bonds is 4. The lowest BCUT2D eigenvalue weighted by atomic mass is 9.95. The molecule has 2 aliphatic rings. The summed E-state index contributed by atoms with van der Waals surface area (Å²) in [7, 11) is 0. The van der Waals surface area contributed by atoms with E-state index in [1.807, 2.05) is 30.3 Å².